The van der Waals surface area contributed by atoms with Crippen LogP contribution in [-0.2, 0) is 9.53 Å². The average molecular weight is 219 g/mol. The van der Waals surface area contributed by atoms with Crippen LogP contribution in [-0.4, -0.2) is 24.0 Å². The number of methoxy groups -OCH3 is 1. The Bertz CT molecular complexity index is 465. The zero-order chi connectivity index (χ0) is 11.7. The van der Waals surface area contributed by atoms with Gasteiger partial charge < -0.3 is 9.94 Å². The fourth-order valence-corrected chi connectivity index (χ4v) is 2.22. The molecule has 0 bridgehead atoms. The monoisotopic (exact) mass is 219 g/mol. The molecular weight excluding hydrogens is 206 g/mol. The Morgan fingerprint density at radius 2 is 2.31 bits per heavy atom. The molecule has 16 heavy (non-hydrogen) atoms. The van der Waals surface area contributed by atoms with Crippen molar-refractivity contribution in [3.8, 4) is 0 Å². The number of oxime groups is 1. The van der Waals surface area contributed by atoms with Gasteiger partial charge in [-0.2, -0.15) is 0 Å². The third kappa shape index (κ3) is 1.46. The lowest BCUT2D eigenvalue weighted by atomic mass is 9.99. The van der Waals surface area contributed by atoms with Gasteiger partial charge in [-0.25, -0.2) is 0 Å². The van der Waals surface area contributed by atoms with E-state index in [9.17, 15) is 4.79 Å². The normalized spacial score (nSPS) is 20.9. The van der Waals surface area contributed by atoms with E-state index in [4.69, 9.17) is 9.94 Å². The maximum Gasteiger partial charge on any atom is 0.313 e. The van der Waals surface area contributed by atoms with Crippen molar-refractivity contribution in [2.45, 2.75) is 19.3 Å². The number of esters is 1. The zero-order valence-electron chi connectivity index (χ0n) is 9.23. The van der Waals surface area contributed by atoms with Crippen LogP contribution >= 0.6 is 0 Å². The van der Waals surface area contributed by atoms with Crippen LogP contribution in [0.5, 0.6) is 0 Å². The molecule has 0 heterocycles. The Balaban J connectivity index is 2.55. The molecule has 0 fully saturated rings. The highest BCUT2D eigenvalue weighted by molar-refractivity contribution is 6.09. The highest BCUT2D eigenvalue weighted by Crippen LogP contribution is 2.35. The van der Waals surface area contributed by atoms with E-state index in [1.165, 1.54) is 7.11 Å². The molecule has 1 aliphatic rings. The lowest BCUT2D eigenvalue weighted by Crippen LogP contribution is -2.11. The topological polar surface area (TPSA) is 58.9 Å². The van der Waals surface area contributed by atoms with Crippen LogP contribution in [0.25, 0.3) is 0 Å². The largest absolute Gasteiger partial charge is 0.469 e. The van der Waals surface area contributed by atoms with Crippen LogP contribution in [0.15, 0.2) is 23.4 Å². The number of nitrogens with zero attached hydrogens (tertiary/aromatic N) is 1. The van der Waals surface area contributed by atoms with E-state index in [1.54, 1.807) is 0 Å². The van der Waals surface area contributed by atoms with Crippen molar-refractivity contribution in [2.75, 3.05) is 7.11 Å². The number of hydrogen-bond donors (Lipinski definition) is 1. The van der Waals surface area contributed by atoms with Gasteiger partial charge in [-0.05, 0) is 18.1 Å². The summed E-state index contributed by atoms with van der Waals surface area (Å²) in [6.07, 6.45) is 0.406. The van der Waals surface area contributed by atoms with Gasteiger partial charge in [0.1, 0.15) is 0 Å². The Morgan fingerprint density at radius 1 is 1.56 bits per heavy atom. The first-order chi connectivity index (χ1) is 7.69. The minimum absolute atomic E-state index is 0.287. The molecule has 0 spiro atoms. The number of carbonyl (C=O) groups is 1. The van der Waals surface area contributed by atoms with E-state index >= 15 is 0 Å². The van der Waals surface area contributed by atoms with Crippen molar-refractivity contribution in [3.63, 3.8) is 0 Å². The van der Waals surface area contributed by atoms with Crippen LogP contribution < -0.4 is 0 Å². The predicted molar refractivity (Wildman–Crippen MR) is 58.9 cm³/mol. The lowest BCUT2D eigenvalue weighted by molar-refractivity contribution is -0.142. The SMILES string of the molecule is COC(=O)C1C/C(=N\O)c2c(C)cccc21. The standard InChI is InChI=1S/C12H13NO3/c1-7-4-3-5-8-9(12(14)16-2)6-10(13-15)11(7)8/h3-5,9,15H,6H2,1-2H3/b13-10+. The fourth-order valence-electron chi connectivity index (χ4n) is 2.22. The number of ether oxygens (including phenoxy) is 1. The van der Waals surface area contributed by atoms with Crippen LogP contribution in [0.4, 0.5) is 0 Å². The molecule has 4 heteroatoms. The highest BCUT2D eigenvalue weighted by Gasteiger charge is 2.34. The second-order valence-corrected chi connectivity index (χ2v) is 3.87. The smallest absolute Gasteiger partial charge is 0.313 e. The maximum atomic E-state index is 11.6. The third-order valence-electron chi connectivity index (χ3n) is 2.97. The molecule has 1 aromatic carbocycles. The molecule has 84 valence electrons. The molecule has 0 saturated heterocycles. The minimum Gasteiger partial charge on any atom is -0.469 e. The Morgan fingerprint density at radius 3 is 2.94 bits per heavy atom. The number of benzene rings is 1. The molecule has 4 nitrogen and oxygen atoms in total. The van der Waals surface area contributed by atoms with Gasteiger partial charge in [0.2, 0.25) is 0 Å². The molecule has 1 atom stereocenters. The summed E-state index contributed by atoms with van der Waals surface area (Å²) in [6.45, 7) is 1.93. The fraction of sp³-hybridized carbons (Fsp3) is 0.333. The van der Waals surface area contributed by atoms with Crippen molar-refractivity contribution in [2.24, 2.45) is 5.16 Å². The summed E-state index contributed by atoms with van der Waals surface area (Å²) in [7, 11) is 1.37. The highest BCUT2D eigenvalue weighted by atomic mass is 16.5. The van der Waals surface area contributed by atoms with Gasteiger partial charge in [0.25, 0.3) is 0 Å². The number of hydrogen-bond acceptors (Lipinski definition) is 4. The summed E-state index contributed by atoms with van der Waals surface area (Å²) in [5.41, 5.74) is 3.33. The van der Waals surface area contributed by atoms with Crippen LogP contribution in [0, 0.1) is 6.92 Å². The van der Waals surface area contributed by atoms with Crippen LogP contribution in [0.1, 0.15) is 29.0 Å². The van der Waals surface area contributed by atoms with Crippen molar-refractivity contribution < 1.29 is 14.7 Å². The zero-order valence-corrected chi connectivity index (χ0v) is 9.23. The van der Waals surface area contributed by atoms with Crippen molar-refractivity contribution in [1.29, 1.82) is 0 Å². The van der Waals surface area contributed by atoms with Gasteiger partial charge in [0.15, 0.2) is 0 Å². The molecular formula is C12H13NO3. The van der Waals surface area contributed by atoms with Crippen LogP contribution in [0.3, 0.4) is 0 Å². The van der Waals surface area contributed by atoms with E-state index in [1.807, 2.05) is 25.1 Å². The molecule has 0 aliphatic heterocycles. The van der Waals surface area contributed by atoms with Gasteiger partial charge in [0.05, 0.1) is 18.7 Å². The Labute approximate surface area is 93.5 Å². The van der Waals surface area contributed by atoms with Gasteiger partial charge in [-0.15, -0.1) is 0 Å². The second kappa shape index (κ2) is 3.96. The van der Waals surface area contributed by atoms with Gasteiger partial charge in [-0.3, -0.25) is 4.79 Å². The molecule has 0 saturated carbocycles. The molecule has 1 N–H and O–H groups in total. The third-order valence-corrected chi connectivity index (χ3v) is 2.97. The first-order valence-electron chi connectivity index (χ1n) is 5.07. The number of aryl methyl sites for hydroxylation is 1. The Hall–Kier alpha value is -1.84. The van der Waals surface area contributed by atoms with Gasteiger partial charge >= 0.3 is 5.97 Å². The number of fused-ring (bicyclic) bond motifs is 1. The summed E-state index contributed by atoms with van der Waals surface area (Å²) in [6, 6.07) is 5.70. The minimum atomic E-state index is -0.342. The van der Waals surface area contributed by atoms with E-state index < -0.39 is 0 Å². The predicted octanol–water partition coefficient (Wildman–Crippen LogP) is 1.83. The molecule has 0 radical (unpaired) electrons. The maximum absolute atomic E-state index is 11.6. The number of rotatable bonds is 1. The molecule has 0 amide bonds. The summed E-state index contributed by atoms with van der Waals surface area (Å²) < 4.78 is 4.75. The van der Waals surface area contributed by atoms with Crippen molar-refractivity contribution in [1.82, 2.24) is 0 Å². The van der Waals surface area contributed by atoms with E-state index in [2.05, 4.69) is 5.16 Å². The van der Waals surface area contributed by atoms with E-state index in [0.717, 1.165) is 16.7 Å². The van der Waals surface area contributed by atoms with Crippen molar-refractivity contribution in [3.05, 3.63) is 34.9 Å². The average Bonchev–Trinajstić information content (AvgIpc) is 2.68. The Kier molecular flexibility index (Phi) is 2.64. The second-order valence-electron chi connectivity index (χ2n) is 3.87. The van der Waals surface area contributed by atoms with Gasteiger partial charge in [0, 0.05) is 12.0 Å². The van der Waals surface area contributed by atoms with Gasteiger partial charge in [-0.1, -0.05) is 23.4 Å². The first-order valence-corrected chi connectivity index (χ1v) is 5.07. The molecule has 1 aromatic rings. The molecule has 2 rings (SSSR count). The first kappa shape index (κ1) is 10.7. The molecule has 0 aromatic heterocycles. The lowest BCUT2D eigenvalue weighted by Gasteiger charge is -2.08. The van der Waals surface area contributed by atoms with E-state index in [0.29, 0.717) is 12.1 Å². The van der Waals surface area contributed by atoms with E-state index in [-0.39, 0.29) is 11.9 Å². The molecule has 1 unspecified atom stereocenters. The summed E-state index contributed by atoms with van der Waals surface area (Å²) in [4.78, 5) is 11.6. The number of carbonyl (C=O) groups excluding carboxylic acids is 1. The van der Waals surface area contributed by atoms with Crippen LogP contribution in [0.2, 0.25) is 0 Å². The van der Waals surface area contributed by atoms with Crippen molar-refractivity contribution >= 4 is 11.7 Å². The summed E-state index contributed by atoms with van der Waals surface area (Å²) in [5.74, 6) is -0.628. The quantitative estimate of drug-likeness (QED) is 0.445. The summed E-state index contributed by atoms with van der Waals surface area (Å²) in [5, 5.41) is 12.2. The summed E-state index contributed by atoms with van der Waals surface area (Å²) >= 11 is 0. The molecule has 1 aliphatic carbocycles.